The van der Waals surface area contributed by atoms with Gasteiger partial charge >= 0.3 is 5.97 Å². The second kappa shape index (κ2) is 8.54. The Labute approximate surface area is 173 Å². The van der Waals surface area contributed by atoms with Gasteiger partial charge in [-0.25, -0.2) is 8.42 Å². The lowest BCUT2D eigenvalue weighted by molar-refractivity contribution is -0.150. The minimum atomic E-state index is -4.04. The SMILES string of the molecule is Cc1cc(NC(=O)COC(=O)[C@@H]2CC(O)CN2S(=O)(=O)c2ccc(C)c(C)c2)no1. The molecule has 2 heterocycles. The van der Waals surface area contributed by atoms with Gasteiger partial charge in [-0.15, -0.1) is 0 Å². The summed E-state index contributed by atoms with van der Waals surface area (Å²) in [6, 6.07) is 4.92. The number of anilines is 1. The molecular weight excluding hydrogens is 414 g/mol. The second-order valence-electron chi connectivity index (χ2n) is 7.20. The Kier molecular flexibility index (Phi) is 6.25. The number of hydrogen-bond donors (Lipinski definition) is 2. The van der Waals surface area contributed by atoms with E-state index in [4.69, 9.17) is 9.26 Å². The van der Waals surface area contributed by atoms with Gasteiger partial charge in [0.25, 0.3) is 5.91 Å². The van der Waals surface area contributed by atoms with Gasteiger partial charge < -0.3 is 19.7 Å². The van der Waals surface area contributed by atoms with Crippen molar-refractivity contribution in [2.75, 3.05) is 18.5 Å². The predicted molar refractivity (Wildman–Crippen MR) is 105 cm³/mol. The minimum absolute atomic E-state index is 0.0247. The Morgan fingerprint density at radius 1 is 1.27 bits per heavy atom. The molecule has 1 fully saturated rings. The lowest BCUT2D eigenvalue weighted by atomic mass is 10.1. The maximum atomic E-state index is 13.0. The minimum Gasteiger partial charge on any atom is -0.454 e. The smallest absolute Gasteiger partial charge is 0.325 e. The molecule has 1 saturated heterocycles. The molecule has 1 aromatic heterocycles. The van der Waals surface area contributed by atoms with Crippen molar-refractivity contribution in [2.24, 2.45) is 0 Å². The molecule has 0 bridgehead atoms. The number of nitrogens with one attached hydrogen (secondary N) is 1. The van der Waals surface area contributed by atoms with Crippen LogP contribution in [0.15, 0.2) is 33.7 Å². The van der Waals surface area contributed by atoms with E-state index in [2.05, 4.69) is 10.5 Å². The van der Waals surface area contributed by atoms with E-state index < -0.39 is 40.7 Å². The summed E-state index contributed by atoms with van der Waals surface area (Å²) in [4.78, 5) is 24.5. The molecule has 1 unspecified atom stereocenters. The quantitative estimate of drug-likeness (QED) is 0.636. The van der Waals surface area contributed by atoms with Crippen molar-refractivity contribution < 1.29 is 32.4 Å². The van der Waals surface area contributed by atoms with Crippen LogP contribution in [0.2, 0.25) is 0 Å². The van der Waals surface area contributed by atoms with E-state index >= 15 is 0 Å². The van der Waals surface area contributed by atoms with Crippen molar-refractivity contribution in [1.29, 1.82) is 0 Å². The van der Waals surface area contributed by atoms with Crippen molar-refractivity contribution in [3.05, 3.63) is 41.2 Å². The monoisotopic (exact) mass is 437 g/mol. The van der Waals surface area contributed by atoms with E-state index in [1.54, 1.807) is 19.9 Å². The van der Waals surface area contributed by atoms with Crippen LogP contribution in [-0.2, 0) is 24.3 Å². The van der Waals surface area contributed by atoms with Gasteiger partial charge in [0.15, 0.2) is 12.4 Å². The molecule has 0 saturated carbocycles. The summed E-state index contributed by atoms with van der Waals surface area (Å²) >= 11 is 0. The largest absolute Gasteiger partial charge is 0.454 e. The highest BCUT2D eigenvalue weighted by molar-refractivity contribution is 7.89. The van der Waals surface area contributed by atoms with Gasteiger partial charge in [-0.3, -0.25) is 9.59 Å². The number of ether oxygens (including phenoxy) is 1. The van der Waals surface area contributed by atoms with Gasteiger partial charge in [0.2, 0.25) is 10.0 Å². The number of aromatic nitrogens is 1. The number of nitrogens with zero attached hydrogens (tertiary/aromatic N) is 2. The molecule has 0 radical (unpaired) electrons. The summed E-state index contributed by atoms with van der Waals surface area (Å²) in [5.41, 5.74) is 1.72. The number of carbonyl (C=O) groups excluding carboxylic acids is 2. The van der Waals surface area contributed by atoms with Crippen molar-refractivity contribution >= 4 is 27.7 Å². The van der Waals surface area contributed by atoms with Crippen LogP contribution in [0.1, 0.15) is 23.3 Å². The van der Waals surface area contributed by atoms with E-state index in [9.17, 15) is 23.1 Å². The molecule has 1 aromatic carbocycles. The second-order valence-corrected chi connectivity index (χ2v) is 9.10. The summed E-state index contributed by atoms with van der Waals surface area (Å²) < 4.78 is 36.8. The first-order valence-corrected chi connectivity index (χ1v) is 10.7. The van der Waals surface area contributed by atoms with Gasteiger partial charge in [-0.2, -0.15) is 4.31 Å². The molecule has 2 N–H and O–H groups in total. The van der Waals surface area contributed by atoms with Crippen molar-refractivity contribution in [1.82, 2.24) is 9.46 Å². The van der Waals surface area contributed by atoms with E-state index in [-0.39, 0.29) is 23.7 Å². The van der Waals surface area contributed by atoms with E-state index in [0.29, 0.717) is 5.76 Å². The van der Waals surface area contributed by atoms with Crippen LogP contribution >= 0.6 is 0 Å². The number of carbonyl (C=O) groups is 2. The van der Waals surface area contributed by atoms with Crippen LogP contribution in [0.4, 0.5) is 5.82 Å². The Balaban J connectivity index is 1.69. The zero-order valence-electron chi connectivity index (χ0n) is 16.8. The van der Waals surface area contributed by atoms with Crippen LogP contribution in [0.25, 0.3) is 0 Å². The maximum absolute atomic E-state index is 13.0. The molecule has 2 aromatic rings. The molecular formula is C19H23N3O7S. The number of benzene rings is 1. The average molecular weight is 437 g/mol. The fourth-order valence-corrected chi connectivity index (χ4v) is 4.82. The van der Waals surface area contributed by atoms with Crippen LogP contribution in [0.3, 0.4) is 0 Å². The van der Waals surface area contributed by atoms with Gasteiger partial charge in [0, 0.05) is 19.0 Å². The number of hydrogen-bond acceptors (Lipinski definition) is 8. The van der Waals surface area contributed by atoms with Crippen molar-refractivity contribution in [3.63, 3.8) is 0 Å². The molecule has 10 nitrogen and oxygen atoms in total. The van der Waals surface area contributed by atoms with Gasteiger partial charge in [0.1, 0.15) is 11.8 Å². The van der Waals surface area contributed by atoms with E-state index in [1.807, 2.05) is 6.92 Å². The number of sulfonamides is 1. The Morgan fingerprint density at radius 2 is 2.00 bits per heavy atom. The Morgan fingerprint density at radius 3 is 2.63 bits per heavy atom. The third-order valence-corrected chi connectivity index (χ3v) is 6.70. The summed E-state index contributed by atoms with van der Waals surface area (Å²) in [6.07, 6.45) is -1.14. The third kappa shape index (κ3) is 4.69. The first kappa shape index (κ1) is 21.9. The Hall–Kier alpha value is -2.76. The third-order valence-electron chi connectivity index (χ3n) is 4.83. The van der Waals surface area contributed by atoms with Crippen LogP contribution in [0.5, 0.6) is 0 Å². The standard InChI is InChI=1S/C19H23N3O7S/c1-11-4-5-15(6-12(11)2)30(26,27)22-9-14(23)8-16(22)19(25)28-10-18(24)20-17-7-13(3)29-21-17/h4-7,14,16,23H,8-10H2,1-3H3,(H,20,21,24)/t14?,16-/m0/s1. The number of aliphatic hydroxyl groups excluding tert-OH is 1. The number of rotatable bonds is 6. The van der Waals surface area contributed by atoms with Crippen LogP contribution in [-0.4, -0.2) is 60.2 Å². The number of esters is 1. The number of amides is 1. The molecule has 0 aliphatic carbocycles. The molecule has 30 heavy (non-hydrogen) atoms. The lowest BCUT2D eigenvalue weighted by Gasteiger charge is -2.22. The molecule has 11 heteroatoms. The highest BCUT2D eigenvalue weighted by Crippen LogP contribution is 2.28. The molecule has 2 atom stereocenters. The fourth-order valence-electron chi connectivity index (χ4n) is 3.11. The average Bonchev–Trinajstić information content (AvgIpc) is 3.27. The highest BCUT2D eigenvalue weighted by Gasteiger charge is 2.44. The van der Waals surface area contributed by atoms with Gasteiger partial charge in [0.05, 0.1) is 11.0 Å². The molecule has 1 aliphatic heterocycles. The molecule has 1 amide bonds. The molecule has 1 aliphatic rings. The van der Waals surface area contributed by atoms with Crippen LogP contribution < -0.4 is 5.32 Å². The van der Waals surface area contributed by atoms with Gasteiger partial charge in [-0.1, -0.05) is 11.2 Å². The molecule has 0 spiro atoms. The summed E-state index contributed by atoms with van der Waals surface area (Å²) in [5.74, 6) is -0.901. The van der Waals surface area contributed by atoms with Crippen molar-refractivity contribution in [3.8, 4) is 0 Å². The summed E-state index contributed by atoms with van der Waals surface area (Å²) in [7, 11) is -4.04. The lowest BCUT2D eigenvalue weighted by Crippen LogP contribution is -2.42. The summed E-state index contributed by atoms with van der Waals surface area (Å²) in [6.45, 7) is 4.43. The first-order chi connectivity index (χ1) is 14.1. The van der Waals surface area contributed by atoms with E-state index in [1.165, 1.54) is 18.2 Å². The Bertz CT molecular complexity index is 1060. The molecule has 3 rings (SSSR count). The number of aryl methyl sites for hydroxylation is 3. The fraction of sp³-hybridized carbons (Fsp3) is 0.421. The summed E-state index contributed by atoms with van der Waals surface area (Å²) in [5, 5.41) is 16.0. The van der Waals surface area contributed by atoms with E-state index in [0.717, 1.165) is 15.4 Å². The predicted octanol–water partition coefficient (Wildman–Crippen LogP) is 0.906. The zero-order valence-corrected chi connectivity index (χ0v) is 17.6. The normalized spacial score (nSPS) is 19.6. The maximum Gasteiger partial charge on any atom is 0.325 e. The number of β-amino-alcohol motifs (C(OH)–C–C–N with tert-alkyl or cyclic N) is 1. The number of aliphatic hydroxyl groups is 1. The first-order valence-electron chi connectivity index (χ1n) is 9.25. The zero-order chi connectivity index (χ0) is 22.1. The van der Waals surface area contributed by atoms with Crippen LogP contribution in [0, 0.1) is 20.8 Å². The highest BCUT2D eigenvalue weighted by atomic mass is 32.2. The van der Waals surface area contributed by atoms with Crippen molar-refractivity contribution in [2.45, 2.75) is 44.2 Å². The molecule has 162 valence electrons. The topological polar surface area (TPSA) is 139 Å². The van der Waals surface area contributed by atoms with Gasteiger partial charge in [-0.05, 0) is 44.0 Å².